The van der Waals surface area contributed by atoms with Crippen molar-refractivity contribution in [1.82, 2.24) is 35.0 Å². The number of benzene rings is 2. The molecule has 254 valence electrons. The summed E-state index contributed by atoms with van der Waals surface area (Å²) in [5.74, 6) is 1.62. The second-order valence-corrected chi connectivity index (χ2v) is 14.3. The molecule has 0 bridgehead atoms. The van der Waals surface area contributed by atoms with Crippen LogP contribution in [0.3, 0.4) is 0 Å². The first-order chi connectivity index (χ1) is 23.8. The Morgan fingerprint density at radius 2 is 1.84 bits per heavy atom. The number of hydrogen-bond donors (Lipinski definition) is 2. The Hall–Kier alpha value is -4.74. The number of likely N-dealkylation sites (tertiary alicyclic amines) is 1. The first kappa shape index (κ1) is 31.5. The Balaban J connectivity index is 0.853. The van der Waals surface area contributed by atoms with Crippen LogP contribution in [0.5, 0.6) is 5.88 Å². The molecule has 1 amide bonds. The first-order valence-corrected chi connectivity index (χ1v) is 17.5. The van der Waals surface area contributed by atoms with Gasteiger partial charge in [-0.2, -0.15) is 5.10 Å². The van der Waals surface area contributed by atoms with E-state index in [9.17, 15) is 4.79 Å². The number of hydrazine groups is 1. The van der Waals surface area contributed by atoms with Gasteiger partial charge in [0.15, 0.2) is 5.82 Å². The van der Waals surface area contributed by atoms with Crippen molar-refractivity contribution in [3.05, 3.63) is 89.9 Å². The van der Waals surface area contributed by atoms with Crippen LogP contribution in [-0.4, -0.2) is 87.4 Å². The number of nitrogens with one attached hydrogen (secondary N) is 2. The lowest BCUT2D eigenvalue weighted by molar-refractivity contribution is -0.131. The lowest BCUT2D eigenvalue weighted by Crippen LogP contribution is -2.42. The average molecular weight is 660 g/mol. The van der Waals surface area contributed by atoms with Gasteiger partial charge in [-0.05, 0) is 74.6 Å². The van der Waals surface area contributed by atoms with E-state index < -0.39 is 0 Å². The van der Waals surface area contributed by atoms with E-state index in [0.717, 1.165) is 74.6 Å². The number of fused-ring (bicyclic) bond motifs is 1. The zero-order valence-electron chi connectivity index (χ0n) is 28.6. The lowest BCUT2D eigenvalue weighted by Gasteiger charge is -2.29. The quantitative estimate of drug-likeness (QED) is 0.273. The molecule has 11 nitrogen and oxygen atoms in total. The summed E-state index contributed by atoms with van der Waals surface area (Å²) in [6.45, 7) is 9.97. The molecule has 2 aromatic carbocycles. The van der Waals surface area contributed by atoms with Crippen molar-refractivity contribution in [2.75, 3.05) is 56.1 Å². The Labute approximate surface area is 287 Å². The second-order valence-electron chi connectivity index (χ2n) is 14.3. The summed E-state index contributed by atoms with van der Waals surface area (Å²) in [7, 11) is 1.87. The van der Waals surface area contributed by atoms with E-state index in [1.807, 2.05) is 38.1 Å². The Morgan fingerprint density at radius 1 is 1.00 bits per heavy atom. The minimum Gasteiger partial charge on any atom is -0.475 e. The van der Waals surface area contributed by atoms with E-state index in [2.05, 4.69) is 90.3 Å². The minimum atomic E-state index is 0.0242. The monoisotopic (exact) mass is 659 g/mol. The summed E-state index contributed by atoms with van der Waals surface area (Å²) in [5, 5.41) is 4.40. The fourth-order valence-electron chi connectivity index (χ4n) is 7.87. The van der Waals surface area contributed by atoms with Gasteiger partial charge in [0.2, 0.25) is 11.8 Å². The number of nitrogens with zero attached hydrogens (tertiary/aromatic N) is 7. The molecule has 2 unspecified atom stereocenters. The predicted molar refractivity (Wildman–Crippen MR) is 191 cm³/mol. The van der Waals surface area contributed by atoms with E-state index >= 15 is 0 Å². The highest BCUT2D eigenvalue weighted by Gasteiger charge is 2.44. The van der Waals surface area contributed by atoms with Gasteiger partial charge in [-0.15, -0.1) is 0 Å². The number of amides is 1. The summed E-state index contributed by atoms with van der Waals surface area (Å²) in [4.78, 5) is 29.2. The molecule has 1 spiro atoms. The average Bonchev–Trinajstić information content (AvgIpc) is 3.92. The molecular weight excluding hydrogens is 614 g/mol. The van der Waals surface area contributed by atoms with Gasteiger partial charge in [0.1, 0.15) is 6.33 Å². The molecule has 49 heavy (non-hydrogen) atoms. The highest BCUT2D eigenvalue weighted by molar-refractivity contribution is 5.80. The summed E-state index contributed by atoms with van der Waals surface area (Å²) in [6, 6.07) is 19.2. The Kier molecular flexibility index (Phi) is 8.33. The van der Waals surface area contributed by atoms with Gasteiger partial charge in [0, 0.05) is 74.3 Å². The van der Waals surface area contributed by atoms with E-state index in [1.54, 1.807) is 11.0 Å². The molecule has 2 saturated heterocycles. The van der Waals surface area contributed by atoms with Gasteiger partial charge in [0.25, 0.3) is 0 Å². The van der Waals surface area contributed by atoms with Crippen molar-refractivity contribution in [2.24, 2.45) is 12.5 Å². The number of aromatic nitrogens is 4. The van der Waals surface area contributed by atoms with Crippen LogP contribution in [0.2, 0.25) is 0 Å². The van der Waals surface area contributed by atoms with Gasteiger partial charge in [-0.1, -0.05) is 36.4 Å². The van der Waals surface area contributed by atoms with Crippen molar-refractivity contribution < 1.29 is 9.53 Å². The van der Waals surface area contributed by atoms with Gasteiger partial charge in [0.05, 0.1) is 24.4 Å². The summed E-state index contributed by atoms with van der Waals surface area (Å²) in [6.07, 6.45) is 9.09. The molecule has 4 aromatic rings. The molecule has 11 heteroatoms. The van der Waals surface area contributed by atoms with Crippen LogP contribution < -0.4 is 20.5 Å². The number of aryl methyl sites for hydroxylation is 1. The Bertz CT molecular complexity index is 1850. The molecule has 2 aromatic heterocycles. The molecule has 0 radical (unpaired) electrons. The normalized spacial score (nSPS) is 22.1. The summed E-state index contributed by atoms with van der Waals surface area (Å²) in [5.41, 5.74) is 15.2. The van der Waals surface area contributed by atoms with Crippen molar-refractivity contribution >= 4 is 22.9 Å². The van der Waals surface area contributed by atoms with E-state index in [-0.39, 0.29) is 23.5 Å². The Morgan fingerprint density at radius 3 is 2.57 bits per heavy atom. The minimum absolute atomic E-state index is 0.0242. The SMILES string of the molecule is CC(C)Oc1ccc(C2NNc3ccc(N4CCC5(CCN(CC(=O)N6CC=C(c7ccc(-c8ncn(C)n8)cc7)CC6)C5)C4)cc32)cn1. The van der Waals surface area contributed by atoms with E-state index in [0.29, 0.717) is 19.0 Å². The maximum atomic E-state index is 13.4. The number of rotatable bonds is 8. The highest BCUT2D eigenvalue weighted by Crippen LogP contribution is 2.43. The topological polar surface area (TPSA) is 104 Å². The molecule has 2 fully saturated rings. The molecule has 8 rings (SSSR count). The van der Waals surface area contributed by atoms with Crippen LogP contribution in [-0.2, 0) is 11.8 Å². The van der Waals surface area contributed by atoms with Crippen molar-refractivity contribution in [1.29, 1.82) is 0 Å². The zero-order chi connectivity index (χ0) is 33.5. The van der Waals surface area contributed by atoms with Crippen LogP contribution in [0, 0.1) is 5.41 Å². The molecule has 0 saturated carbocycles. The van der Waals surface area contributed by atoms with Crippen LogP contribution in [0.4, 0.5) is 11.4 Å². The molecule has 0 aliphatic carbocycles. The maximum absolute atomic E-state index is 13.4. The van der Waals surface area contributed by atoms with Gasteiger partial charge in [-0.3, -0.25) is 14.4 Å². The second kappa shape index (κ2) is 12.9. The van der Waals surface area contributed by atoms with Crippen molar-refractivity contribution in [2.45, 2.75) is 45.3 Å². The van der Waals surface area contributed by atoms with Crippen molar-refractivity contribution in [3.8, 4) is 17.3 Å². The largest absolute Gasteiger partial charge is 0.475 e. The van der Waals surface area contributed by atoms with Gasteiger partial charge < -0.3 is 20.0 Å². The summed E-state index contributed by atoms with van der Waals surface area (Å²) >= 11 is 0. The van der Waals surface area contributed by atoms with E-state index in [1.165, 1.54) is 22.4 Å². The summed E-state index contributed by atoms with van der Waals surface area (Å²) < 4.78 is 7.46. The van der Waals surface area contributed by atoms with Gasteiger partial charge >= 0.3 is 0 Å². The number of anilines is 2. The number of carbonyl (C=O) groups is 1. The van der Waals surface area contributed by atoms with Crippen LogP contribution in [0.15, 0.2) is 73.2 Å². The smallest absolute Gasteiger partial charge is 0.237 e. The highest BCUT2D eigenvalue weighted by atomic mass is 16.5. The fourth-order valence-corrected chi connectivity index (χ4v) is 7.87. The number of hydrogen-bond acceptors (Lipinski definition) is 9. The van der Waals surface area contributed by atoms with Crippen molar-refractivity contribution in [3.63, 3.8) is 0 Å². The molecular formula is C38H45N9O2. The third-order valence-electron chi connectivity index (χ3n) is 10.5. The van der Waals surface area contributed by atoms with Crippen LogP contribution >= 0.6 is 0 Å². The first-order valence-electron chi connectivity index (χ1n) is 17.5. The molecule has 6 heterocycles. The zero-order valence-corrected chi connectivity index (χ0v) is 28.6. The van der Waals surface area contributed by atoms with Crippen LogP contribution in [0.1, 0.15) is 55.8 Å². The molecule has 2 N–H and O–H groups in total. The fraction of sp³-hybridized carbons (Fsp3) is 0.421. The number of pyridine rings is 1. The van der Waals surface area contributed by atoms with E-state index in [4.69, 9.17) is 4.74 Å². The molecule has 2 atom stereocenters. The van der Waals surface area contributed by atoms with Gasteiger partial charge in [-0.25, -0.2) is 15.4 Å². The third kappa shape index (κ3) is 6.52. The number of carbonyl (C=O) groups excluding carboxylic acids is 1. The maximum Gasteiger partial charge on any atom is 0.237 e. The van der Waals surface area contributed by atoms with Crippen LogP contribution in [0.25, 0.3) is 17.0 Å². The molecule has 4 aliphatic rings. The predicted octanol–water partition coefficient (Wildman–Crippen LogP) is 4.90. The standard InChI is InChI=1S/C38H45N9O2/c1-26(2)49-34-11-8-30(21-39-34)36-32-20-31(9-10-33(32)41-42-36)47-19-15-38(24-47)14-18-45(23-38)22-35(48)46-16-12-28(13-17-46)27-4-6-29(7-5-27)37-40-25-44(3)43-37/h4-12,20-21,25-26,36,41-42H,13-19,22-24H2,1-3H3. The number of ether oxygens (including phenoxy) is 1. The molecule has 4 aliphatic heterocycles. The third-order valence-corrected chi connectivity index (χ3v) is 10.5. The lowest BCUT2D eigenvalue weighted by atomic mass is 9.86.